The van der Waals surface area contributed by atoms with Crippen LogP contribution in [-0.4, -0.2) is 26.8 Å². The van der Waals surface area contributed by atoms with Gasteiger partial charge in [-0.05, 0) is 58.2 Å². The van der Waals surface area contributed by atoms with Crippen molar-refractivity contribution >= 4 is 31.6 Å². The Hall–Kier alpha value is -1.37. The molecule has 2 aromatic carbocycles. The first-order valence-electron chi connectivity index (χ1n) is 6.82. The maximum Gasteiger partial charge on any atom is 0.242 e. The quantitative estimate of drug-likeness (QED) is 0.858. The molecule has 0 saturated heterocycles. The lowest BCUT2D eigenvalue weighted by molar-refractivity contribution is 0.520. The fourth-order valence-electron chi connectivity index (χ4n) is 1.99. The maximum absolute atomic E-state index is 12.1. The van der Waals surface area contributed by atoms with E-state index in [1.165, 1.54) is 24.0 Å². The van der Waals surface area contributed by atoms with Crippen LogP contribution in [-0.2, 0) is 16.6 Å². The predicted octanol–water partition coefficient (Wildman–Crippen LogP) is 3.62. The van der Waals surface area contributed by atoms with E-state index < -0.39 is 10.0 Å². The Morgan fingerprint density at radius 3 is 2.50 bits per heavy atom. The highest BCUT2D eigenvalue weighted by Gasteiger charge is 2.17. The number of sulfonamides is 1. The fraction of sp³-hybridized carbons (Fsp3) is 0.250. The van der Waals surface area contributed by atoms with Crippen molar-refractivity contribution in [3.63, 3.8) is 0 Å². The van der Waals surface area contributed by atoms with E-state index >= 15 is 0 Å². The molecule has 0 aromatic heterocycles. The third-order valence-electron chi connectivity index (χ3n) is 3.28. The van der Waals surface area contributed by atoms with Gasteiger partial charge in [0.2, 0.25) is 10.0 Å². The zero-order valence-electron chi connectivity index (χ0n) is 12.8. The van der Waals surface area contributed by atoms with Crippen molar-refractivity contribution < 1.29 is 8.42 Å². The molecular formula is C16H19BrN2O2S. The third kappa shape index (κ3) is 3.88. The Balaban J connectivity index is 2.18. The number of nitrogens with zero attached hydrogens (tertiary/aromatic N) is 1. The van der Waals surface area contributed by atoms with E-state index in [1.54, 1.807) is 18.2 Å². The molecule has 0 aliphatic carbocycles. The van der Waals surface area contributed by atoms with Crippen LogP contribution in [0.15, 0.2) is 51.8 Å². The number of hydrogen-bond donors (Lipinski definition) is 1. The van der Waals surface area contributed by atoms with Crippen LogP contribution in [0.5, 0.6) is 0 Å². The maximum atomic E-state index is 12.1. The molecule has 0 bridgehead atoms. The number of benzene rings is 2. The molecule has 4 nitrogen and oxygen atoms in total. The van der Waals surface area contributed by atoms with Gasteiger partial charge >= 0.3 is 0 Å². The number of halogens is 1. The minimum Gasteiger partial charge on any atom is -0.380 e. The summed E-state index contributed by atoms with van der Waals surface area (Å²) < 4.78 is 26.5. The lowest BCUT2D eigenvalue weighted by Gasteiger charge is -2.13. The van der Waals surface area contributed by atoms with Crippen molar-refractivity contribution in [3.05, 3.63) is 58.1 Å². The van der Waals surface area contributed by atoms with E-state index in [4.69, 9.17) is 0 Å². The van der Waals surface area contributed by atoms with Crippen LogP contribution in [0.4, 0.5) is 5.69 Å². The minimum atomic E-state index is -3.40. The molecule has 0 heterocycles. The van der Waals surface area contributed by atoms with E-state index in [0.29, 0.717) is 11.4 Å². The van der Waals surface area contributed by atoms with Crippen LogP contribution in [0.1, 0.15) is 11.1 Å². The molecule has 22 heavy (non-hydrogen) atoms. The minimum absolute atomic E-state index is 0.305. The topological polar surface area (TPSA) is 49.4 Å². The molecular weight excluding hydrogens is 364 g/mol. The summed E-state index contributed by atoms with van der Waals surface area (Å²) in [5.74, 6) is 0. The summed E-state index contributed by atoms with van der Waals surface area (Å²) in [4.78, 5) is 0.305. The molecule has 0 atom stereocenters. The van der Waals surface area contributed by atoms with Gasteiger partial charge in [-0.3, -0.25) is 0 Å². The van der Waals surface area contributed by atoms with Gasteiger partial charge in [0.1, 0.15) is 0 Å². The highest BCUT2D eigenvalue weighted by Crippen LogP contribution is 2.24. The summed E-state index contributed by atoms with van der Waals surface area (Å²) in [6.07, 6.45) is 0. The Morgan fingerprint density at radius 2 is 1.86 bits per heavy atom. The van der Waals surface area contributed by atoms with E-state index in [-0.39, 0.29) is 0 Å². The normalized spacial score (nSPS) is 11.7. The molecule has 0 unspecified atom stereocenters. The molecule has 0 aliphatic rings. The van der Waals surface area contributed by atoms with Crippen LogP contribution < -0.4 is 5.32 Å². The largest absolute Gasteiger partial charge is 0.380 e. The summed E-state index contributed by atoms with van der Waals surface area (Å²) in [6, 6.07) is 13.0. The van der Waals surface area contributed by atoms with Crippen molar-refractivity contribution in [2.24, 2.45) is 0 Å². The van der Waals surface area contributed by atoms with E-state index in [2.05, 4.69) is 21.2 Å². The van der Waals surface area contributed by atoms with E-state index in [9.17, 15) is 8.42 Å². The number of aryl methyl sites for hydroxylation is 1. The number of anilines is 1. The smallest absolute Gasteiger partial charge is 0.242 e. The molecule has 0 fully saturated rings. The van der Waals surface area contributed by atoms with Gasteiger partial charge in [-0.15, -0.1) is 0 Å². The molecule has 0 amide bonds. The highest BCUT2D eigenvalue weighted by atomic mass is 79.9. The van der Waals surface area contributed by atoms with Gasteiger partial charge in [-0.25, -0.2) is 12.7 Å². The third-order valence-corrected chi connectivity index (χ3v) is 5.75. The molecule has 6 heteroatoms. The SMILES string of the molecule is Cc1ccc(NCc2cccc(S(=O)(=O)N(C)C)c2)c(Br)c1. The second-order valence-electron chi connectivity index (χ2n) is 5.27. The number of nitrogens with one attached hydrogen (secondary N) is 1. The zero-order valence-corrected chi connectivity index (χ0v) is 15.2. The number of hydrogen-bond acceptors (Lipinski definition) is 3. The van der Waals surface area contributed by atoms with Crippen LogP contribution in [0.3, 0.4) is 0 Å². The van der Waals surface area contributed by atoms with E-state index in [0.717, 1.165) is 15.7 Å². The summed E-state index contributed by atoms with van der Waals surface area (Å²) in [5.41, 5.74) is 3.07. The van der Waals surface area contributed by atoms with Crippen molar-refractivity contribution in [1.29, 1.82) is 0 Å². The van der Waals surface area contributed by atoms with Crippen LogP contribution >= 0.6 is 15.9 Å². The molecule has 2 aromatic rings. The second-order valence-corrected chi connectivity index (χ2v) is 8.28. The first-order valence-corrected chi connectivity index (χ1v) is 9.05. The second kappa shape index (κ2) is 6.81. The summed E-state index contributed by atoms with van der Waals surface area (Å²) in [7, 11) is -0.337. The predicted molar refractivity (Wildman–Crippen MR) is 93.5 cm³/mol. The standard InChI is InChI=1S/C16H19BrN2O2S/c1-12-7-8-16(15(17)9-12)18-11-13-5-4-6-14(10-13)22(20,21)19(2)3/h4-10,18H,11H2,1-3H3. The van der Waals surface area contributed by atoms with Gasteiger partial charge < -0.3 is 5.32 Å². The molecule has 0 saturated carbocycles. The summed E-state index contributed by atoms with van der Waals surface area (Å²) >= 11 is 3.52. The van der Waals surface area contributed by atoms with Gasteiger partial charge in [0.15, 0.2) is 0 Å². The summed E-state index contributed by atoms with van der Waals surface area (Å²) in [6.45, 7) is 2.59. The molecule has 0 spiro atoms. The van der Waals surface area contributed by atoms with Crippen molar-refractivity contribution in [1.82, 2.24) is 4.31 Å². The monoisotopic (exact) mass is 382 g/mol. The lowest BCUT2D eigenvalue weighted by atomic mass is 10.2. The average molecular weight is 383 g/mol. The molecule has 0 radical (unpaired) electrons. The molecule has 1 N–H and O–H groups in total. The molecule has 0 aliphatic heterocycles. The molecule has 118 valence electrons. The summed E-state index contributed by atoms with van der Waals surface area (Å²) in [5, 5.41) is 3.31. The Bertz CT molecular complexity index is 773. The van der Waals surface area contributed by atoms with Crippen LogP contribution in [0.25, 0.3) is 0 Å². The Labute approximate surface area is 140 Å². The highest BCUT2D eigenvalue weighted by molar-refractivity contribution is 9.10. The van der Waals surface area contributed by atoms with Gasteiger partial charge in [-0.1, -0.05) is 18.2 Å². The number of rotatable bonds is 5. The van der Waals surface area contributed by atoms with Gasteiger partial charge in [-0.2, -0.15) is 0 Å². The fourth-order valence-corrected chi connectivity index (χ4v) is 3.59. The Morgan fingerprint density at radius 1 is 1.14 bits per heavy atom. The average Bonchev–Trinajstić information content (AvgIpc) is 2.46. The van der Waals surface area contributed by atoms with Gasteiger partial charge in [0.05, 0.1) is 4.90 Å². The first kappa shape index (κ1) is 17.0. The Kier molecular flexibility index (Phi) is 5.26. The first-order chi connectivity index (χ1) is 10.3. The lowest BCUT2D eigenvalue weighted by Crippen LogP contribution is -2.22. The van der Waals surface area contributed by atoms with Crippen molar-refractivity contribution in [3.8, 4) is 0 Å². The molecule has 2 rings (SSSR count). The van der Waals surface area contributed by atoms with Crippen LogP contribution in [0.2, 0.25) is 0 Å². The van der Waals surface area contributed by atoms with Crippen molar-refractivity contribution in [2.75, 3.05) is 19.4 Å². The van der Waals surface area contributed by atoms with Gasteiger partial charge in [0.25, 0.3) is 0 Å². The van der Waals surface area contributed by atoms with Gasteiger partial charge in [0, 0.05) is 30.8 Å². The van der Waals surface area contributed by atoms with E-state index in [1.807, 2.05) is 31.2 Å². The zero-order chi connectivity index (χ0) is 16.3. The van der Waals surface area contributed by atoms with Crippen molar-refractivity contribution in [2.45, 2.75) is 18.4 Å². The van der Waals surface area contributed by atoms with Crippen LogP contribution in [0, 0.1) is 6.92 Å².